The minimum Gasteiger partial charge on any atom is -0.462 e. The molecule has 0 saturated carbocycles. The first-order chi connectivity index (χ1) is 32.0. The van der Waals surface area contributed by atoms with E-state index in [9.17, 15) is 14.4 Å². The van der Waals surface area contributed by atoms with Gasteiger partial charge in [-0.2, -0.15) is 0 Å². The van der Waals surface area contributed by atoms with E-state index in [-0.39, 0.29) is 31.1 Å². The third-order valence-corrected chi connectivity index (χ3v) is 12.9. The lowest BCUT2D eigenvalue weighted by molar-refractivity contribution is -0.167. The molecule has 0 aliphatic heterocycles. The van der Waals surface area contributed by atoms with E-state index in [4.69, 9.17) is 14.2 Å². The second-order valence-corrected chi connectivity index (χ2v) is 19.6. The van der Waals surface area contributed by atoms with Gasteiger partial charge in [0.05, 0.1) is 0 Å². The Bertz CT molecular complexity index is 1050. The fraction of sp³-hybridized carbons (Fsp3) is 0.881. The van der Waals surface area contributed by atoms with Crippen molar-refractivity contribution in [2.75, 3.05) is 13.2 Å². The summed E-state index contributed by atoms with van der Waals surface area (Å²) in [5, 5.41) is 0. The van der Waals surface area contributed by atoms with Gasteiger partial charge in [0, 0.05) is 19.3 Å². The molecule has 382 valence electrons. The van der Waals surface area contributed by atoms with Crippen molar-refractivity contribution in [2.24, 2.45) is 0 Å². The zero-order valence-electron chi connectivity index (χ0n) is 43.8. The van der Waals surface area contributed by atoms with Crippen LogP contribution in [0.15, 0.2) is 24.3 Å². The smallest absolute Gasteiger partial charge is 0.306 e. The highest BCUT2D eigenvalue weighted by Gasteiger charge is 2.19. The van der Waals surface area contributed by atoms with Crippen LogP contribution in [-0.2, 0) is 28.6 Å². The fourth-order valence-electron chi connectivity index (χ4n) is 8.55. The molecular weight excluding hydrogens is 805 g/mol. The highest BCUT2D eigenvalue weighted by atomic mass is 16.6. The number of rotatable bonds is 53. The van der Waals surface area contributed by atoms with Crippen LogP contribution in [0, 0.1) is 0 Å². The van der Waals surface area contributed by atoms with Crippen LogP contribution >= 0.6 is 0 Å². The fourth-order valence-corrected chi connectivity index (χ4v) is 8.55. The second-order valence-electron chi connectivity index (χ2n) is 19.6. The predicted octanol–water partition coefficient (Wildman–Crippen LogP) is 19.1. The molecule has 0 heterocycles. The Balaban J connectivity index is 4.30. The van der Waals surface area contributed by atoms with Crippen molar-refractivity contribution in [3.8, 4) is 0 Å². The largest absolute Gasteiger partial charge is 0.462 e. The Hall–Kier alpha value is -2.11. The first-order valence-corrected chi connectivity index (χ1v) is 28.8. The molecule has 1 atom stereocenters. The first-order valence-electron chi connectivity index (χ1n) is 28.8. The summed E-state index contributed by atoms with van der Waals surface area (Å²) < 4.78 is 16.9. The lowest BCUT2D eigenvalue weighted by atomic mass is 10.0. The number of unbranched alkanes of at least 4 members (excludes halogenated alkanes) is 38. The lowest BCUT2D eigenvalue weighted by Crippen LogP contribution is -2.30. The third kappa shape index (κ3) is 52.7. The number of esters is 3. The van der Waals surface area contributed by atoms with Crippen LogP contribution in [-0.4, -0.2) is 37.2 Å². The Morgan fingerprint density at radius 2 is 0.508 bits per heavy atom. The van der Waals surface area contributed by atoms with Crippen molar-refractivity contribution in [2.45, 2.75) is 322 Å². The van der Waals surface area contributed by atoms with Crippen molar-refractivity contribution >= 4 is 17.9 Å². The van der Waals surface area contributed by atoms with Gasteiger partial charge in [0.15, 0.2) is 6.10 Å². The van der Waals surface area contributed by atoms with Crippen LogP contribution in [0.4, 0.5) is 0 Å². The number of ether oxygens (including phenoxy) is 3. The van der Waals surface area contributed by atoms with Crippen molar-refractivity contribution in [1.82, 2.24) is 0 Å². The molecule has 0 bridgehead atoms. The molecule has 0 aromatic carbocycles. The van der Waals surface area contributed by atoms with E-state index in [2.05, 4.69) is 45.1 Å². The molecule has 0 saturated heterocycles. The minimum absolute atomic E-state index is 0.0708. The van der Waals surface area contributed by atoms with Gasteiger partial charge in [-0.3, -0.25) is 14.4 Å². The van der Waals surface area contributed by atoms with E-state index < -0.39 is 6.10 Å². The lowest BCUT2D eigenvalue weighted by Gasteiger charge is -2.18. The Kier molecular flexibility index (Phi) is 52.7. The van der Waals surface area contributed by atoms with E-state index in [1.165, 1.54) is 212 Å². The molecular formula is C59H110O6. The van der Waals surface area contributed by atoms with Gasteiger partial charge < -0.3 is 14.2 Å². The van der Waals surface area contributed by atoms with Gasteiger partial charge in [-0.05, 0) is 70.6 Å². The summed E-state index contributed by atoms with van der Waals surface area (Å²) in [5.74, 6) is -0.863. The summed E-state index contributed by atoms with van der Waals surface area (Å²) >= 11 is 0. The predicted molar refractivity (Wildman–Crippen MR) is 279 cm³/mol. The van der Waals surface area contributed by atoms with Gasteiger partial charge in [0.25, 0.3) is 0 Å². The van der Waals surface area contributed by atoms with Crippen molar-refractivity contribution < 1.29 is 28.6 Å². The van der Waals surface area contributed by atoms with Gasteiger partial charge in [0.2, 0.25) is 0 Å². The highest BCUT2D eigenvalue weighted by molar-refractivity contribution is 5.71. The van der Waals surface area contributed by atoms with E-state index >= 15 is 0 Å². The molecule has 65 heavy (non-hydrogen) atoms. The zero-order valence-corrected chi connectivity index (χ0v) is 43.8. The Morgan fingerprint density at radius 3 is 0.785 bits per heavy atom. The van der Waals surface area contributed by atoms with E-state index in [0.29, 0.717) is 19.3 Å². The number of allylic oxidation sites excluding steroid dienone is 4. The number of carbonyl (C=O) groups excluding carboxylic acids is 3. The van der Waals surface area contributed by atoms with Gasteiger partial charge in [-0.1, -0.05) is 251 Å². The molecule has 0 amide bonds. The van der Waals surface area contributed by atoms with Crippen LogP contribution < -0.4 is 0 Å². The average molecular weight is 916 g/mol. The second kappa shape index (κ2) is 54.5. The number of carbonyl (C=O) groups is 3. The summed E-state index contributed by atoms with van der Waals surface area (Å²) in [6.45, 7) is 6.66. The summed E-state index contributed by atoms with van der Waals surface area (Å²) in [4.78, 5) is 38.1. The Morgan fingerprint density at radius 1 is 0.292 bits per heavy atom. The molecule has 0 spiro atoms. The van der Waals surface area contributed by atoms with Gasteiger partial charge in [0.1, 0.15) is 13.2 Å². The SMILES string of the molecule is CCCCCC/C=C\CCCCCCCC(=O)O[C@H](COC(=O)CCCCCCCCCCC/C=C\CCCCCCCC)COC(=O)CCCCCCCCCCCCCCCCC. The highest BCUT2D eigenvalue weighted by Crippen LogP contribution is 2.16. The summed E-state index contributed by atoms with van der Waals surface area (Å²) in [5.41, 5.74) is 0. The van der Waals surface area contributed by atoms with E-state index in [1.807, 2.05) is 0 Å². The number of hydrogen-bond donors (Lipinski definition) is 0. The van der Waals surface area contributed by atoms with Gasteiger partial charge in [-0.25, -0.2) is 0 Å². The quantitative estimate of drug-likeness (QED) is 0.0262. The maximum Gasteiger partial charge on any atom is 0.306 e. The van der Waals surface area contributed by atoms with Crippen molar-refractivity contribution in [3.05, 3.63) is 24.3 Å². The van der Waals surface area contributed by atoms with Crippen molar-refractivity contribution in [1.29, 1.82) is 0 Å². The molecule has 0 fully saturated rings. The van der Waals surface area contributed by atoms with Crippen LogP contribution in [0.1, 0.15) is 316 Å². The normalized spacial score (nSPS) is 12.1. The van der Waals surface area contributed by atoms with Crippen LogP contribution in [0.3, 0.4) is 0 Å². The summed E-state index contributed by atoms with van der Waals surface area (Å²) in [7, 11) is 0. The molecule has 6 nitrogen and oxygen atoms in total. The van der Waals surface area contributed by atoms with E-state index in [0.717, 1.165) is 64.2 Å². The van der Waals surface area contributed by atoms with Crippen LogP contribution in [0.5, 0.6) is 0 Å². The van der Waals surface area contributed by atoms with Crippen LogP contribution in [0.2, 0.25) is 0 Å². The molecule has 6 heteroatoms. The molecule has 0 aliphatic rings. The van der Waals surface area contributed by atoms with Crippen LogP contribution in [0.25, 0.3) is 0 Å². The summed E-state index contributed by atoms with van der Waals surface area (Å²) in [6.07, 6.45) is 63.1. The molecule has 0 aliphatic carbocycles. The van der Waals surface area contributed by atoms with Crippen molar-refractivity contribution in [3.63, 3.8) is 0 Å². The van der Waals surface area contributed by atoms with Gasteiger partial charge in [-0.15, -0.1) is 0 Å². The molecule has 0 radical (unpaired) electrons. The molecule has 0 N–H and O–H groups in total. The third-order valence-electron chi connectivity index (χ3n) is 12.9. The van der Waals surface area contributed by atoms with E-state index in [1.54, 1.807) is 0 Å². The first kappa shape index (κ1) is 62.9. The maximum absolute atomic E-state index is 12.8. The maximum atomic E-state index is 12.8. The molecule has 0 unspecified atom stereocenters. The van der Waals surface area contributed by atoms with Gasteiger partial charge >= 0.3 is 17.9 Å². The standard InChI is InChI=1S/C59H110O6/c1-4-7-10-13-16-19-22-25-27-28-29-30-32-35-37-40-43-46-49-52-58(61)64-55-56(65-59(62)53-50-47-44-41-38-33-24-21-18-15-12-9-6-3)54-63-57(60)51-48-45-42-39-36-34-31-26-23-20-17-14-11-8-5-2/h21,24-25,27,56H,4-20,22-23,26,28-55H2,1-3H3/b24-21-,27-25-/t56-/m0/s1. The average Bonchev–Trinajstić information content (AvgIpc) is 3.30. The molecule has 0 aromatic rings. The molecule has 0 aromatic heterocycles. The summed E-state index contributed by atoms with van der Waals surface area (Å²) in [6, 6.07) is 0. The number of hydrogen-bond acceptors (Lipinski definition) is 6. The zero-order chi connectivity index (χ0) is 47.2. The Labute approximate surface area is 404 Å². The molecule has 0 rings (SSSR count). The topological polar surface area (TPSA) is 78.9 Å². The minimum atomic E-state index is -0.772. The monoisotopic (exact) mass is 915 g/mol.